The van der Waals surface area contributed by atoms with E-state index in [0.717, 1.165) is 0 Å². The summed E-state index contributed by atoms with van der Waals surface area (Å²) in [5, 5.41) is 28.4. The van der Waals surface area contributed by atoms with Crippen LogP contribution in [0.5, 0.6) is 0 Å². The molecule has 0 unspecified atom stereocenters. The van der Waals surface area contributed by atoms with E-state index in [-0.39, 0.29) is 43.2 Å². The number of rotatable bonds is 6. The van der Waals surface area contributed by atoms with Crippen molar-refractivity contribution < 1.29 is 44.1 Å². The van der Waals surface area contributed by atoms with E-state index in [0.29, 0.717) is 0 Å². The SMILES string of the molecule is CC(=O)CC(=O)[O-].CC(=O)CC(=O)[O-].CC(=O)CC(=O)[O-].[In+3]. The maximum Gasteiger partial charge on any atom is 3.00 e. The van der Waals surface area contributed by atoms with E-state index in [1.165, 1.54) is 20.8 Å². The van der Waals surface area contributed by atoms with E-state index in [4.69, 9.17) is 0 Å². The van der Waals surface area contributed by atoms with Gasteiger partial charge >= 0.3 is 25.8 Å². The van der Waals surface area contributed by atoms with Crippen molar-refractivity contribution in [2.45, 2.75) is 40.0 Å². The molecule has 0 aromatic rings. The minimum atomic E-state index is -1.31. The third-order valence-electron chi connectivity index (χ3n) is 1.18. The molecule has 0 fully saturated rings. The van der Waals surface area contributed by atoms with Crippen molar-refractivity contribution in [1.82, 2.24) is 0 Å². The predicted molar refractivity (Wildman–Crippen MR) is 66.7 cm³/mol. The van der Waals surface area contributed by atoms with Gasteiger partial charge in [-0.05, 0) is 20.8 Å². The second-order valence-corrected chi connectivity index (χ2v) is 3.75. The first-order valence-corrected chi connectivity index (χ1v) is 5.46. The van der Waals surface area contributed by atoms with Gasteiger partial charge in [-0.25, -0.2) is 0 Å². The summed E-state index contributed by atoms with van der Waals surface area (Å²) in [6.45, 7) is 3.61. The Bertz CT molecular complexity index is 317. The molecule has 0 amide bonds. The monoisotopic (exact) mass is 418 g/mol. The fourth-order valence-electron chi connectivity index (χ4n) is 0.610. The molecule has 0 aromatic carbocycles. The van der Waals surface area contributed by atoms with E-state index >= 15 is 0 Å². The Balaban J connectivity index is -0.000000108. The third kappa shape index (κ3) is 51.6. The molecule has 10 heteroatoms. The predicted octanol–water partition coefficient (Wildman–Crippen LogP) is -4.23. The van der Waals surface area contributed by atoms with Crippen molar-refractivity contribution in [2.75, 3.05) is 0 Å². The van der Waals surface area contributed by atoms with Crippen molar-refractivity contribution in [3.63, 3.8) is 0 Å². The van der Waals surface area contributed by atoms with Crippen LogP contribution in [-0.4, -0.2) is 61.1 Å². The average molecular weight is 418 g/mol. The van der Waals surface area contributed by atoms with Gasteiger partial charge < -0.3 is 29.7 Å². The second kappa shape index (κ2) is 17.3. The van der Waals surface area contributed by atoms with Gasteiger partial charge in [-0.15, -0.1) is 0 Å². The van der Waals surface area contributed by atoms with Gasteiger partial charge in [-0.2, -0.15) is 0 Å². The summed E-state index contributed by atoms with van der Waals surface area (Å²) in [6.07, 6.45) is -1.42. The maximum absolute atomic E-state index is 9.83. The van der Waals surface area contributed by atoms with Crippen molar-refractivity contribution in [3.05, 3.63) is 0 Å². The van der Waals surface area contributed by atoms with E-state index in [1.54, 1.807) is 0 Å². The summed E-state index contributed by atoms with van der Waals surface area (Å²) in [4.78, 5) is 57.9. The Morgan fingerprint density at radius 3 is 0.682 bits per heavy atom. The smallest absolute Gasteiger partial charge is 0.550 e. The van der Waals surface area contributed by atoms with Crippen molar-refractivity contribution in [2.24, 2.45) is 0 Å². The molecule has 0 saturated heterocycles. The van der Waals surface area contributed by atoms with Crippen LogP contribution in [0, 0.1) is 0 Å². The molecule has 0 rings (SSSR count). The number of Topliss-reactive ketones (excluding diaryl/α,β-unsaturated/α-hetero) is 3. The Morgan fingerprint density at radius 2 is 0.682 bits per heavy atom. The van der Waals surface area contributed by atoms with Crippen LogP contribution in [-0.2, 0) is 28.8 Å². The molecule has 0 spiro atoms. The molecular weight excluding hydrogens is 403 g/mol. The van der Waals surface area contributed by atoms with Crippen LogP contribution >= 0.6 is 0 Å². The fourth-order valence-corrected chi connectivity index (χ4v) is 0.610. The number of hydrogen-bond donors (Lipinski definition) is 0. The number of carbonyl (C=O) groups is 6. The Morgan fingerprint density at radius 1 is 0.545 bits per heavy atom. The van der Waals surface area contributed by atoms with Gasteiger partial charge in [0.15, 0.2) is 0 Å². The second-order valence-electron chi connectivity index (χ2n) is 3.75. The van der Waals surface area contributed by atoms with Gasteiger partial charge in [0.1, 0.15) is 17.3 Å². The van der Waals surface area contributed by atoms with Gasteiger partial charge in [0.05, 0.1) is 0 Å². The van der Waals surface area contributed by atoms with Crippen LogP contribution in [0.25, 0.3) is 0 Å². The average Bonchev–Trinajstić information content (AvgIpc) is 2.10. The summed E-state index contributed by atoms with van der Waals surface area (Å²) in [5.41, 5.74) is 0. The van der Waals surface area contributed by atoms with Crippen LogP contribution in [0.1, 0.15) is 40.0 Å². The summed E-state index contributed by atoms with van der Waals surface area (Å²) in [5.74, 6) is -5.06. The molecule has 120 valence electrons. The van der Waals surface area contributed by atoms with E-state index in [2.05, 4.69) is 0 Å². The first-order valence-electron chi connectivity index (χ1n) is 5.46. The maximum atomic E-state index is 9.83. The van der Waals surface area contributed by atoms with Crippen molar-refractivity contribution in [3.8, 4) is 0 Å². The minimum absolute atomic E-state index is 0. The molecule has 0 aromatic heterocycles. The quantitative estimate of drug-likeness (QED) is 0.388. The topological polar surface area (TPSA) is 172 Å². The Kier molecular flexibility index (Phi) is 22.4. The van der Waals surface area contributed by atoms with Gasteiger partial charge in [-0.3, -0.25) is 14.4 Å². The molecule has 0 heterocycles. The van der Waals surface area contributed by atoms with Gasteiger partial charge in [0.25, 0.3) is 0 Å². The number of carboxylic acid groups (broad SMARTS) is 3. The third-order valence-corrected chi connectivity index (χ3v) is 1.18. The number of carbonyl (C=O) groups excluding carboxylic acids is 6. The van der Waals surface area contributed by atoms with Crippen LogP contribution in [0.4, 0.5) is 0 Å². The zero-order valence-corrected chi connectivity index (χ0v) is 15.7. The summed E-state index contributed by atoms with van der Waals surface area (Å²) in [6, 6.07) is 0. The Hall–Kier alpha value is -1.71. The van der Waals surface area contributed by atoms with E-state index in [9.17, 15) is 44.1 Å². The molecular formula is C12H15InO9. The van der Waals surface area contributed by atoms with Crippen molar-refractivity contribution >= 4 is 61.1 Å². The van der Waals surface area contributed by atoms with Crippen LogP contribution in [0.3, 0.4) is 0 Å². The molecule has 22 heavy (non-hydrogen) atoms. The summed E-state index contributed by atoms with van der Waals surface area (Å²) in [7, 11) is 0. The number of ketones is 3. The normalized spacial score (nSPS) is 7.77. The molecule has 9 nitrogen and oxygen atoms in total. The van der Waals surface area contributed by atoms with E-state index < -0.39 is 37.2 Å². The number of aliphatic carboxylic acids is 3. The van der Waals surface area contributed by atoms with Crippen LogP contribution in [0.15, 0.2) is 0 Å². The summed E-state index contributed by atoms with van der Waals surface area (Å²) < 4.78 is 0. The first kappa shape index (κ1) is 28.5. The molecule has 0 aliphatic rings. The summed E-state index contributed by atoms with van der Waals surface area (Å²) >= 11 is 0. The number of hydrogen-bond acceptors (Lipinski definition) is 9. The molecule has 0 saturated carbocycles. The van der Waals surface area contributed by atoms with Crippen LogP contribution < -0.4 is 15.3 Å². The molecule has 0 atom stereocenters. The van der Waals surface area contributed by atoms with Gasteiger partial charge in [0, 0.05) is 37.2 Å². The molecule has 0 aliphatic carbocycles. The van der Waals surface area contributed by atoms with Gasteiger partial charge in [-0.1, -0.05) is 0 Å². The largest absolute Gasteiger partial charge is 3.00 e. The molecule has 0 N–H and O–H groups in total. The van der Waals surface area contributed by atoms with Crippen LogP contribution in [0.2, 0.25) is 0 Å². The van der Waals surface area contributed by atoms with Gasteiger partial charge in [0.2, 0.25) is 0 Å². The molecule has 0 radical (unpaired) electrons. The number of carboxylic acids is 3. The fraction of sp³-hybridized carbons (Fsp3) is 0.500. The first-order chi connectivity index (χ1) is 9.38. The molecule has 0 aliphatic heterocycles. The minimum Gasteiger partial charge on any atom is -0.550 e. The van der Waals surface area contributed by atoms with E-state index in [1.807, 2.05) is 0 Å². The standard InChI is InChI=1S/3C4H6O3.In/c3*1-3(5)2-4(6)7;/h3*2H2,1H3,(H,6,7);/q;;;+3/p-3. The zero-order valence-electron chi connectivity index (χ0n) is 12.4. The Labute approximate surface area is 145 Å². The van der Waals surface area contributed by atoms with Crippen molar-refractivity contribution in [1.29, 1.82) is 0 Å². The zero-order chi connectivity index (χ0) is 17.6. The molecule has 0 bridgehead atoms.